The smallest absolute Gasteiger partial charge is 0.246 e. The SMILES string of the molecule is CN(CC(=O)Nc1ccc(N2CCOCC2)cc1)C(=O)/C=C/c1cccc(Cl)c1. The first-order valence-electron chi connectivity index (χ1n) is 9.42. The largest absolute Gasteiger partial charge is 0.378 e. The Morgan fingerprint density at radius 3 is 2.59 bits per heavy atom. The highest BCUT2D eigenvalue weighted by molar-refractivity contribution is 6.30. The van der Waals surface area contributed by atoms with Gasteiger partial charge < -0.3 is 19.9 Å². The minimum Gasteiger partial charge on any atom is -0.378 e. The monoisotopic (exact) mass is 413 g/mol. The molecule has 1 saturated heterocycles. The number of carbonyl (C=O) groups is 2. The van der Waals surface area contributed by atoms with Gasteiger partial charge in [0.1, 0.15) is 0 Å². The summed E-state index contributed by atoms with van der Waals surface area (Å²) < 4.78 is 5.36. The molecule has 0 saturated carbocycles. The molecule has 2 aromatic carbocycles. The number of likely N-dealkylation sites (N-methyl/N-ethyl adjacent to an activating group) is 1. The van der Waals surface area contributed by atoms with Gasteiger partial charge in [0.15, 0.2) is 0 Å². The molecular weight excluding hydrogens is 390 g/mol. The van der Waals surface area contributed by atoms with Gasteiger partial charge in [-0.1, -0.05) is 23.7 Å². The summed E-state index contributed by atoms with van der Waals surface area (Å²) in [5.41, 5.74) is 2.62. The number of morpholine rings is 1. The highest BCUT2D eigenvalue weighted by atomic mass is 35.5. The molecule has 1 fully saturated rings. The van der Waals surface area contributed by atoms with Gasteiger partial charge in [-0.3, -0.25) is 9.59 Å². The van der Waals surface area contributed by atoms with E-state index >= 15 is 0 Å². The standard InChI is InChI=1S/C22H24ClN3O3/c1-25(22(28)10-5-17-3-2-4-18(23)15-17)16-21(27)24-19-6-8-20(9-7-19)26-11-13-29-14-12-26/h2-10,15H,11-14,16H2,1H3,(H,24,27)/b10-5+. The second-order valence-corrected chi connectivity index (χ2v) is 7.21. The fraction of sp³-hybridized carbons (Fsp3) is 0.273. The van der Waals surface area contributed by atoms with Crippen molar-refractivity contribution in [3.63, 3.8) is 0 Å². The Morgan fingerprint density at radius 1 is 1.17 bits per heavy atom. The van der Waals surface area contributed by atoms with Gasteiger partial charge in [0.05, 0.1) is 19.8 Å². The Balaban J connectivity index is 1.49. The predicted molar refractivity (Wildman–Crippen MR) is 116 cm³/mol. The summed E-state index contributed by atoms with van der Waals surface area (Å²) >= 11 is 5.93. The number of nitrogens with one attached hydrogen (secondary N) is 1. The van der Waals surface area contributed by atoms with Crippen LogP contribution in [0.25, 0.3) is 6.08 Å². The van der Waals surface area contributed by atoms with Crippen molar-refractivity contribution in [2.75, 3.05) is 50.1 Å². The van der Waals surface area contributed by atoms with E-state index in [0.717, 1.165) is 37.6 Å². The minimum atomic E-state index is -0.261. The van der Waals surface area contributed by atoms with Gasteiger partial charge in [-0.25, -0.2) is 0 Å². The highest BCUT2D eigenvalue weighted by Crippen LogP contribution is 2.19. The zero-order chi connectivity index (χ0) is 20.6. The lowest BCUT2D eigenvalue weighted by atomic mass is 10.2. The molecule has 0 aromatic heterocycles. The quantitative estimate of drug-likeness (QED) is 0.738. The van der Waals surface area contributed by atoms with Gasteiger partial charge in [-0.05, 0) is 48.0 Å². The number of halogens is 1. The summed E-state index contributed by atoms with van der Waals surface area (Å²) in [5, 5.41) is 3.43. The fourth-order valence-electron chi connectivity index (χ4n) is 2.98. The van der Waals surface area contributed by atoms with Crippen LogP contribution in [0.1, 0.15) is 5.56 Å². The number of rotatable bonds is 6. The molecule has 0 bridgehead atoms. The van der Waals surface area contributed by atoms with Crippen molar-refractivity contribution >= 4 is 40.9 Å². The minimum absolute atomic E-state index is 0.0378. The maximum absolute atomic E-state index is 12.3. The Morgan fingerprint density at radius 2 is 1.90 bits per heavy atom. The third-order valence-corrected chi connectivity index (χ3v) is 4.79. The van der Waals surface area contributed by atoms with Crippen molar-refractivity contribution in [2.24, 2.45) is 0 Å². The Hall–Kier alpha value is -2.83. The molecule has 7 heteroatoms. The number of benzene rings is 2. The van der Waals surface area contributed by atoms with Crippen LogP contribution in [-0.2, 0) is 14.3 Å². The molecule has 1 heterocycles. The number of hydrogen-bond acceptors (Lipinski definition) is 4. The first-order chi connectivity index (χ1) is 14.0. The van der Waals surface area contributed by atoms with Gasteiger partial charge >= 0.3 is 0 Å². The van der Waals surface area contributed by atoms with Crippen LogP contribution in [0.5, 0.6) is 0 Å². The predicted octanol–water partition coefficient (Wildman–Crippen LogP) is 3.29. The summed E-state index contributed by atoms with van der Waals surface area (Å²) in [6.07, 6.45) is 3.10. The van der Waals surface area contributed by atoms with Gasteiger partial charge in [0, 0.05) is 42.6 Å². The Labute approximate surface area is 175 Å². The van der Waals surface area contributed by atoms with Crippen molar-refractivity contribution in [3.05, 3.63) is 65.2 Å². The third-order valence-electron chi connectivity index (χ3n) is 4.55. The molecule has 152 valence electrons. The number of amides is 2. The van der Waals surface area contributed by atoms with Crippen LogP contribution in [0, 0.1) is 0 Å². The van der Waals surface area contributed by atoms with Crippen molar-refractivity contribution in [2.45, 2.75) is 0 Å². The molecule has 1 N–H and O–H groups in total. The van der Waals surface area contributed by atoms with Crippen LogP contribution >= 0.6 is 11.6 Å². The fourth-order valence-corrected chi connectivity index (χ4v) is 3.17. The first kappa shape index (κ1) is 20.9. The van der Waals surface area contributed by atoms with Crippen LogP contribution in [-0.4, -0.2) is 56.6 Å². The Bertz CT molecular complexity index is 877. The number of nitrogens with zero attached hydrogens (tertiary/aromatic N) is 2. The van der Waals surface area contributed by atoms with Crippen LogP contribution < -0.4 is 10.2 Å². The molecule has 0 aliphatic carbocycles. The topological polar surface area (TPSA) is 61.9 Å². The van der Waals surface area contributed by atoms with E-state index in [1.165, 1.54) is 11.0 Å². The van der Waals surface area contributed by atoms with Gasteiger partial charge in [-0.15, -0.1) is 0 Å². The lowest BCUT2D eigenvalue weighted by molar-refractivity contribution is -0.129. The second-order valence-electron chi connectivity index (χ2n) is 6.78. The first-order valence-corrected chi connectivity index (χ1v) is 9.80. The van der Waals surface area contributed by atoms with Gasteiger partial charge in [0.2, 0.25) is 11.8 Å². The molecule has 6 nitrogen and oxygen atoms in total. The number of hydrogen-bond donors (Lipinski definition) is 1. The van der Waals surface area contributed by atoms with Crippen LogP contribution in [0.15, 0.2) is 54.6 Å². The lowest BCUT2D eigenvalue weighted by Crippen LogP contribution is -2.36. The number of ether oxygens (including phenoxy) is 1. The van der Waals surface area contributed by atoms with Crippen LogP contribution in [0.4, 0.5) is 11.4 Å². The third kappa shape index (κ3) is 6.34. The summed E-state index contributed by atoms with van der Waals surface area (Å²) in [6, 6.07) is 14.9. The molecule has 0 unspecified atom stereocenters. The summed E-state index contributed by atoms with van der Waals surface area (Å²) in [5.74, 6) is -0.515. The summed E-state index contributed by atoms with van der Waals surface area (Å²) in [4.78, 5) is 28.1. The maximum atomic E-state index is 12.3. The molecule has 0 spiro atoms. The molecule has 1 aliphatic rings. The molecule has 29 heavy (non-hydrogen) atoms. The van der Waals surface area contributed by atoms with Crippen molar-refractivity contribution in [3.8, 4) is 0 Å². The van der Waals surface area contributed by atoms with E-state index in [-0.39, 0.29) is 18.4 Å². The van der Waals surface area contributed by atoms with Gasteiger partial charge in [-0.2, -0.15) is 0 Å². The molecule has 2 amide bonds. The van der Waals surface area contributed by atoms with E-state index in [1.54, 1.807) is 25.3 Å². The highest BCUT2D eigenvalue weighted by Gasteiger charge is 2.13. The summed E-state index contributed by atoms with van der Waals surface area (Å²) in [6.45, 7) is 3.14. The molecule has 0 radical (unpaired) electrons. The van der Waals surface area contributed by atoms with Crippen molar-refractivity contribution in [1.82, 2.24) is 4.90 Å². The Kier molecular flexibility index (Phi) is 7.27. The zero-order valence-electron chi connectivity index (χ0n) is 16.3. The average Bonchev–Trinajstić information content (AvgIpc) is 2.73. The maximum Gasteiger partial charge on any atom is 0.246 e. The van der Waals surface area contributed by atoms with E-state index in [4.69, 9.17) is 16.3 Å². The van der Waals surface area contributed by atoms with Gasteiger partial charge in [0.25, 0.3) is 0 Å². The average molecular weight is 414 g/mol. The van der Waals surface area contributed by atoms with E-state index in [1.807, 2.05) is 36.4 Å². The normalized spacial score (nSPS) is 14.1. The van der Waals surface area contributed by atoms with E-state index in [9.17, 15) is 9.59 Å². The number of carbonyl (C=O) groups excluding carboxylic acids is 2. The van der Waals surface area contributed by atoms with E-state index in [2.05, 4.69) is 10.2 Å². The van der Waals surface area contributed by atoms with E-state index in [0.29, 0.717) is 10.7 Å². The summed E-state index contributed by atoms with van der Waals surface area (Å²) in [7, 11) is 1.59. The molecule has 1 aliphatic heterocycles. The second kappa shape index (κ2) is 10.1. The van der Waals surface area contributed by atoms with Crippen LogP contribution in [0.3, 0.4) is 0 Å². The number of anilines is 2. The van der Waals surface area contributed by atoms with Crippen molar-refractivity contribution < 1.29 is 14.3 Å². The molecular formula is C22H24ClN3O3. The zero-order valence-corrected chi connectivity index (χ0v) is 17.1. The van der Waals surface area contributed by atoms with E-state index < -0.39 is 0 Å². The van der Waals surface area contributed by atoms with Crippen molar-refractivity contribution in [1.29, 1.82) is 0 Å². The lowest BCUT2D eigenvalue weighted by Gasteiger charge is -2.28. The van der Waals surface area contributed by atoms with Crippen LogP contribution in [0.2, 0.25) is 5.02 Å². The molecule has 2 aromatic rings. The molecule has 3 rings (SSSR count). The molecule has 0 atom stereocenters.